The summed E-state index contributed by atoms with van der Waals surface area (Å²) in [6, 6.07) is 16.1. The van der Waals surface area contributed by atoms with Crippen LogP contribution in [0.4, 0.5) is 5.69 Å². The van der Waals surface area contributed by atoms with Crippen molar-refractivity contribution in [3.63, 3.8) is 0 Å². The molecule has 2 atom stereocenters. The van der Waals surface area contributed by atoms with Crippen LogP contribution in [-0.4, -0.2) is 44.0 Å². The number of rotatable bonds is 5. The lowest BCUT2D eigenvalue weighted by Gasteiger charge is -2.43. The van der Waals surface area contributed by atoms with Crippen LogP contribution in [-0.2, 0) is 16.6 Å². The summed E-state index contributed by atoms with van der Waals surface area (Å²) in [5, 5.41) is 0.420. The summed E-state index contributed by atoms with van der Waals surface area (Å²) in [6.45, 7) is 1.46. The minimum absolute atomic E-state index is 0.000629. The number of nitrogens with one attached hydrogen (secondary N) is 1. The molecular weight excluding hydrogens is 490 g/mol. The van der Waals surface area contributed by atoms with E-state index in [1.807, 2.05) is 4.90 Å². The highest BCUT2D eigenvalue weighted by Crippen LogP contribution is 2.36. The number of aromatic nitrogens is 1. The van der Waals surface area contributed by atoms with Crippen LogP contribution in [0.2, 0.25) is 5.02 Å². The number of methoxy groups -OCH3 is 1. The lowest BCUT2D eigenvalue weighted by Crippen LogP contribution is -2.49. The number of carbonyl (C=O) groups is 1. The monoisotopic (exact) mass is 513 g/mol. The van der Waals surface area contributed by atoms with Crippen molar-refractivity contribution in [2.24, 2.45) is 5.92 Å². The molecule has 8 nitrogen and oxygen atoms in total. The summed E-state index contributed by atoms with van der Waals surface area (Å²) < 4.78 is 34.8. The number of likely N-dealkylation sites (tertiary alicyclic amines) is 1. The number of carbonyl (C=O) groups excluding carboxylic acids is 1. The third kappa shape index (κ3) is 4.53. The topological polar surface area (TPSA) is 97.7 Å². The second kappa shape index (κ2) is 9.05. The average molecular weight is 514 g/mol. The zero-order valence-electron chi connectivity index (χ0n) is 19.0. The van der Waals surface area contributed by atoms with Gasteiger partial charge in [0.25, 0.3) is 21.5 Å². The van der Waals surface area contributed by atoms with Gasteiger partial charge in [0.1, 0.15) is 11.4 Å². The molecular formula is C25H24ClN3O5S. The molecule has 2 aliphatic rings. The fourth-order valence-corrected chi connectivity index (χ4v) is 6.11. The van der Waals surface area contributed by atoms with Crippen molar-refractivity contribution < 1.29 is 17.9 Å². The number of benzene rings is 2. The second-order valence-electron chi connectivity index (χ2n) is 8.88. The van der Waals surface area contributed by atoms with Crippen molar-refractivity contribution in [2.75, 3.05) is 24.9 Å². The van der Waals surface area contributed by atoms with Crippen LogP contribution >= 0.6 is 11.6 Å². The highest BCUT2D eigenvalue weighted by Gasteiger charge is 2.37. The van der Waals surface area contributed by atoms with Crippen LogP contribution in [0.1, 0.15) is 28.4 Å². The number of piperidine rings is 1. The standard InChI is InChI=1S/C25H24ClN3O5S/c1-34-20-6-2-17(3-7-20)24(30)28-13-16-12-18(15-28)23-11-10-22(25(31)29(23)14-16)27-35(32,33)21-8-4-19(26)5-9-21/h2-11,16,18,27H,12-15H2,1H3/t16-,18-/m1/s1. The Bertz CT molecular complexity index is 1440. The van der Waals surface area contributed by atoms with Gasteiger partial charge in [-0.15, -0.1) is 0 Å². The van der Waals surface area contributed by atoms with Gasteiger partial charge in [-0.05, 0) is 73.0 Å². The van der Waals surface area contributed by atoms with Crippen molar-refractivity contribution in [1.82, 2.24) is 9.47 Å². The Kier molecular flexibility index (Phi) is 6.06. The predicted octanol–water partition coefficient (Wildman–Crippen LogP) is 3.57. The molecule has 0 spiro atoms. The molecule has 0 radical (unpaired) electrons. The van der Waals surface area contributed by atoms with Crippen LogP contribution in [0.5, 0.6) is 5.75 Å². The number of pyridine rings is 1. The van der Waals surface area contributed by atoms with Gasteiger partial charge >= 0.3 is 0 Å². The molecule has 2 bridgehead atoms. The molecule has 10 heteroatoms. The molecule has 182 valence electrons. The van der Waals surface area contributed by atoms with E-state index in [4.69, 9.17) is 16.3 Å². The number of amides is 1. The molecule has 1 fully saturated rings. The van der Waals surface area contributed by atoms with E-state index in [0.29, 0.717) is 36.0 Å². The molecule has 0 saturated carbocycles. The van der Waals surface area contributed by atoms with Gasteiger partial charge in [-0.3, -0.25) is 14.3 Å². The van der Waals surface area contributed by atoms with Gasteiger partial charge in [0.2, 0.25) is 0 Å². The first-order chi connectivity index (χ1) is 16.7. The van der Waals surface area contributed by atoms with E-state index >= 15 is 0 Å². The van der Waals surface area contributed by atoms with Crippen LogP contribution in [0.25, 0.3) is 0 Å². The quantitative estimate of drug-likeness (QED) is 0.562. The molecule has 1 aromatic heterocycles. The summed E-state index contributed by atoms with van der Waals surface area (Å²) in [4.78, 5) is 28.2. The first-order valence-corrected chi connectivity index (χ1v) is 13.1. The van der Waals surface area contributed by atoms with E-state index in [0.717, 1.165) is 12.1 Å². The van der Waals surface area contributed by atoms with E-state index in [1.165, 1.54) is 30.3 Å². The molecule has 3 aromatic rings. The smallest absolute Gasteiger partial charge is 0.275 e. The Labute approximate surface area is 208 Å². The number of hydrogen-bond donors (Lipinski definition) is 1. The molecule has 35 heavy (non-hydrogen) atoms. The summed E-state index contributed by atoms with van der Waals surface area (Å²) in [5.74, 6) is 0.738. The zero-order valence-corrected chi connectivity index (χ0v) is 20.6. The molecule has 5 rings (SSSR count). The fourth-order valence-electron chi connectivity index (χ4n) is 4.92. The molecule has 3 heterocycles. The summed E-state index contributed by atoms with van der Waals surface area (Å²) >= 11 is 5.85. The Morgan fingerprint density at radius 3 is 2.40 bits per heavy atom. The summed E-state index contributed by atoms with van der Waals surface area (Å²) in [6.07, 6.45) is 0.877. The van der Waals surface area contributed by atoms with Crippen LogP contribution in [0.15, 0.2) is 70.4 Å². The Morgan fingerprint density at radius 2 is 1.71 bits per heavy atom. The highest BCUT2D eigenvalue weighted by atomic mass is 35.5. The molecule has 2 aliphatic heterocycles. The second-order valence-corrected chi connectivity index (χ2v) is 11.0. The van der Waals surface area contributed by atoms with Crippen molar-refractivity contribution in [3.8, 4) is 5.75 Å². The van der Waals surface area contributed by atoms with Gasteiger partial charge in [0, 0.05) is 41.8 Å². The maximum Gasteiger partial charge on any atom is 0.275 e. The zero-order chi connectivity index (χ0) is 24.7. The lowest BCUT2D eigenvalue weighted by atomic mass is 9.83. The van der Waals surface area contributed by atoms with E-state index in [1.54, 1.807) is 42.0 Å². The highest BCUT2D eigenvalue weighted by molar-refractivity contribution is 7.92. The van der Waals surface area contributed by atoms with Crippen molar-refractivity contribution >= 4 is 33.2 Å². The Morgan fingerprint density at radius 1 is 1.00 bits per heavy atom. The normalized spacial score (nSPS) is 19.1. The molecule has 1 saturated heterocycles. The predicted molar refractivity (Wildman–Crippen MR) is 133 cm³/mol. The maximum absolute atomic E-state index is 13.2. The minimum atomic E-state index is -3.94. The van der Waals surface area contributed by atoms with E-state index in [-0.39, 0.29) is 33.9 Å². The number of nitrogens with zero attached hydrogens (tertiary/aromatic N) is 2. The molecule has 0 unspecified atom stereocenters. The maximum atomic E-state index is 13.2. The lowest BCUT2D eigenvalue weighted by molar-refractivity contribution is 0.0594. The summed E-state index contributed by atoms with van der Waals surface area (Å²) in [7, 11) is -2.36. The van der Waals surface area contributed by atoms with Crippen molar-refractivity contribution in [3.05, 3.63) is 87.3 Å². The Hall–Kier alpha value is -3.30. The van der Waals surface area contributed by atoms with Crippen molar-refractivity contribution in [2.45, 2.75) is 23.8 Å². The molecule has 2 aromatic carbocycles. The third-order valence-electron chi connectivity index (χ3n) is 6.60. The van der Waals surface area contributed by atoms with Gasteiger partial charge in [0.05, 0.1) is 12.0 Å². The largest absolute Gasteiger partial charge is 0.497 e. The fraction of sp³-hybridized carbons (Fsp3) is 0.280. The van der Waals surface area contributed by atoms with E-state index < -0.39 is 10.0 Å². The van der Waals surface area contributed by atoms with Crippen molar-refractivity contribution in [1.29, 1.82) is 0 Å². The van der Waals surface area contributed by atoms with Gasteiger partial charge in [0.15, 0.2) is 0 Å². The average Bonchev–Trinajstić information content (AvgIpc) is 2.85. The number of anilines is 1. The number of ether oxygens (including phenoxy) is 1. The van der Waals surface area contributed by atoms with Crippen LogP contribution in [0, 0.1) is 5.92 Å². The minimum Gasteiger partial charge on any atom is -0.497 e. The Balaban J connectivity index is 1.38. The molecule has 1 N–H and O–H groups in total. The SMILES string of the molecule is COc1ccc(C(=O)N2C[C@H]3C[C@H](C2)c2ccc(NS(=O)(=O)c4ccc(Cl)cc4)c(=O)n2C3)cc1. The van der Waals surface area contributed by atoms with Crippen LogP contribution < -0.4 is 15.0 Å². The van der Waals surface area contributed by atoms with Gasteiger partial charge in [-0.1, -0.05) is 11.6 Å². The summed E-state index contributed by atoms with van der Waals surface area (Å²) in [5.41, 5.74) is 1.02. The third-order valence-corrected chi connectivity index (χ3v) is 8.23. The molecule has 0 aliphatic carbocycles. The van der Waals surface area contributed by atoms with Crippen LogP contribution in [0.3, 0.4) is 0 Å². The number of sulfonamides is 1. The van der Waals surface area contributed by atoms with E-state index in [2.05, 4.69) is 4.72 Å². The number of hydrogen-bond acceptors (Lipinski definition) is 5. The first kappa shape index (κ1) is 23.4. The first-order valence-electron chi connectivity index (χ1n) is 11.2. The van der Waals surface area contributed by atoms with Gasteiger partial charge < -0.3 is 14.2 Å². The van der Waals surface area contributed by atoms with Gasteiger partial charge in [-0.25, -0.2) is 8.42 Å². The number of fused-ring (bicyclic) bond motifs is 4. The molecule has 1 amide bonds. The number of halogens is 1. The van der Waals surface area contributed by atoms with E-state index in [9.17, 15) is 18.0 Å². The van der Waals surface area contributed by atoms with Gasteiger partial charge in [-0.2, -0.15) is 0 Å².